The van der Waals surface area contributed by atoms with Crippen molar-refractivity contribution in [3.8, 4) is 0 Å². The van der Waals surface area contributed by atoms with Gasteiger partial charge in [0.1, 0.15) is 5.82 Å². The molecule has 0 aliphatic heterocycles. The molecule has 0 radical (unpaired) electrons. The van der Waals surface area contributed by atoms with E-state index < -0.39 is 0 Å². The topological polar surface area (TPSA) is 42.2 Å². The summed E-state index contributed by atoms with van der Waals surface area (Å²) in [6.07, 6.45) is 3.68. The van der Waals surface area contributed by atoms with Crippen molar-refractivity contribution in [1.82, 2.24) is 4.98 Å². The van der Waals surface area contributed by atoms with E-state index in [1.54, 1.807) is 6.20 Å². The monoisotopic (exact) mass is 205 g/mol. The van der Waals surface area contributed by atoms with E-state index in [2.05, 4.69) is 23.4 Å². The van der Waals surface area contributed by atoms with Gasteiger partial charge in [-0.05, 0) is 19.9 Å². The Hall–Kier alpha value is -1.35. The molecular formula is C12H19N3. The van der Waals surface area contributed by atoms with E-state index in [0.717, 1.165) is 24.5 Å². The Morgan fingerprint density at radius 2 is 2.40 bits per heavy atom. The summed E-state index contributed by atoms with van der Waals surface area (Å²) in [4.78, 5) is 6.55. The van der Waals surface area contributed by atoms with E-state index in [1.807, 2.05) is 25.1 Å². The minimum absolute atomic E-state index is 0.00700. The van der Waals surface area contributed by atoms with Crippen LogP contribution >= 0.6 is 0 Å². The van der Waals surface area contributed by atoms with Gasteiger partial charge in [-0.2, -0.15) is 0 Å². The second kappa shape index (κ2) is 5.51. The molecule has 1 aromatic rings. The van der Waals surface area contributed by atoms with E-state index >= 15 is 0 Å². The van der Waals surface area contributed by atoms with E-state index in [9.17, 15) is 0 Å². The largest absolute Gasteiger partial charge is 0.353 e. The van der Waals surface area contributed by atoms with Crippen LogP contribution < -0.4 is 10.6 Å². The Kier molecular flexibility index (Phi) is 4.31. The Morgan fingerprint density at radius 3 is 2.93 bits per heavy atom. The zero-order chi connectivity index (χ0) is 11.3. The van der Waals surface area contributed by atoms with E-state index in [0.29, 0.717) is 0 Å². The number of nitrogens with zero attached hydrogens (tertiary/aromatic N) is 2. The second-order valence-electron chi connectivity index (χ2n) is 3.53. The highest BCUT2D eigenvalue weighted by Crippen LogP contribution is 2.21. The van der Waals surface area contributed by atoms with Crippen LogP contribution in [0.4, 0.5) is 5.82 Å². The number of hydrogen-bond acceptors (Lipinski definition) is 3. The molecule has 0 aromatic carbocycles. The third kappa shape index (κ3) is 2.80. The van der Waals surface area contributed by atoms with Gasteiger partial charge in [0.15, 0.2) is 0 Å². The lowest BCUT2D eigenvalue weighted by Crippen LogP contribution is -2.26. The molecule has 1 heterocycles. The molecule has 2 N–H and O–H groups in total. The molecule has 0 spiro atoms. The predicted octanol–water partition coefficient (Wildman–Crippen LogP) is 2.11. The molecule has 82 valence electrons. The number of nitrogens with two attached hydrogens (primary N) is 1. The normalized spacial score (nSPS) is 12.2. The minimum Gasteiger partial charge on any atom is -0.353 e. The van der Waals surface area contributed by atoms with Crippen LogP contribution in [-0.2, 0) is 0 Å². The minimum atomic E-state index is 0.00700. The first-order valence-electron chi connectivity index (χ1n) is 5.27. The smallest absolute Gasteiger partial charge is 0.133 e. The van der Waals surface area contributed by atoms with Gasteiger partial charge < -0.3 is 10.6 Å². The standard InChI is InChI=1S/C12H19N3/c1-4-9-15(5-2)12-11(10(3)13)7-6-8-14-12/h4,6-8,10H,1,5,9,13H2,2-3H3. The third-order valence-corrected chi connectivity index (χ3v) is 2.34. The Bertz CT molecular complexity index is 320. The van der Waals surface area contributed by atoms with Gasteiger partial charge in [0.25, 0.3) is 0 Å². The van der Waals surface area contributed by atoms with Crippen LogP contribution in [0.1, 0.15) is 25.5 Å². The molecule has 3 heteroatoms. The zero-order valence-corrected chi connectivity index (χ0v) is 9.48. The van der Waals surface area contributed by atoms with Gasteiger partial charge in [-0.1, -0.05) is 12.1 Å². The summed E-state index contributed by atoms with van der Waals surface area (Å²) in [7, 11) is 0. The van der Waals surface area contributed by atoms with Crippen molar-refractivity contribution in [1.29, 1.82) is 0 Å². The van der Waals surface area contributed by atoms with Crippen molar-refractivity contribution in [3.05, 3.63) is 36.5 Å². The van der Waals surface area contributed by atoms with Gasteiger partial charge in [-0.25, -0.2) is 4.98 Å². The number of likely N-dealkylation sites (N-methyl/N-ethyl adjacent to an activating group) is 1. The quantitative estimate of drug-likeness (QED) is 0.749. The van der Waals surface area contributed by atoms with Crippen molar-refractivity contribution in [2.24, 2.45) is 5.73 Å². The van der Waals surface area contributed by atoms with Crippen LogP contribution in [0.2, 0.25) is 0 Å². The summed E-state index contributed by atoms with van der Waals surface area (Å²) < 4.78 is 0. The maximum Gasteiger partial charge on any atom is 0.133 e. The van der Waals surface area contributed by atoms with Crippen molar-refractivity contribution in [2.45, 2.75) is 19.9 Å². The van der Waals surface area contributed by atoms with Gasteiger partial charge in [0.05, 0.1) is 0 Å². The molecule has 3 nitrogen and oxygen atoms in total. The first-order chi connectivity index (χ1) is 7.20. The molecule has 15 heavy (non-hydrogen) atoms. The van der Waals surface area contributed by atoms with E-state index in [4.69, 9.17) is 5.73 Å². The highest BCUT2D eigenvalue weighted by Gasteiger charge is 2.11. The van der Waals surface area contributed by atoms with Crippen LogP contribution in [-0.4, -0.2) is 18.1 Å². The summed E-state index contributed by atoms with van der Waals surface area (Å²) in [5.74, 6) is 0.968. The maximum absolute atomic E-state index is 5.91. The molecule has 1 rings (SSSR count). The van der Waals surface area contributed by atoms with Crippen LogP contribution in [0.3, 0.4) is 0 Å². The fourth-order valence-electron chi connectivity index (χ4n) is 1.55. The van der Waals surface area contributed by atoms with Gasteiger partial charge in [0.2, 0.25) is 0 Å². The Balaban J connectivity index is 3.04. The maximum atomic E-state index is 5.91. The van der Waals surface area contributed by atoms with E-state index in [1.165, 1.54) is 0 Å². The van der Waals surface area contributed by atoms with Gasteiger partial charge in [0, 0.05) is 30.9 Å². The van der Waals surface area contributed by atoms with Gasteiger partial charge >= 0.3 is 0 Å². The second-order valence-corrected chi connectivity index (χ2v) is 3.53. The van der Waals surface area contributed by atoms with Crippen LogP contribution in [0.25, 0.3) is 0 Å². The SMILES string of the molecule is C=CCN(CC)c1ncccc1C(C)N. The van der Waals surface area contributed by atoms with Gasteiger partial charge in [-0.15, -0.1) is 6.58 Å². The number of pyridine rings is 1. The molecule has 0 amide bonds. The number of anilines is 1. The van der Waals surface area contributed by atoms with Crippen LogP contribution in [0, 0.1) is 0 Å². The first kappa shape index (κ1) is 11.7. The fourth-order valence-corrected chi connectivity index (χ4v) is 1.55. The first-order valence-corrected chi connectivity index (χ1v) is 5.27. The fraction of sp³-hybridized carbons (Fsp3) is 0.417. The van der Waals surface area contributed by atoms with Crippen LogP contribution in [0.15, 0.2) is 31.0 Å². The average Bonchev–Trinajstić information content (AvgIpc) is 2.26. The van der Waals surface area contributed by atoms with Crippen molar-refractivity contribution in [2.75, 3.05) is 18.0 Å². The Labute approximate surface area is 91.6 Å². The summed E-state index contributed by atoms with van der Waals surface area (Å²) >= 11 is 0. The summed E-state index contributed by atoms with van der Waals surface area (Å²) in [6.45, 7) is 9.53. The lowest BCUT2D eigenvalue weighted by molar-refractivity contribution is 0.785. The summed E-state index contributed by atoms with van der Waals surface area (Å²) in [5.41, 5.74) is 7.00. The molecule has 0 aliphatic rings. The predicted molar refractivity (Wildman–Crippen MR) is 64.9 cm³/mol. The lowest BCUT2D eigenvalue weighted by atomic mass is 10.1. The van der Waals surface area contributed by atoms with Crippen molar-refractivity contribution >= 4 is 5.82 Å². The molecule has 0 saturated heterocycles. The summed E-state index contributed by atoms with van der Waals surface area (Å²) in [6, 6.07) is 3.95. The van der Waals surface area contributed by atoms with Gasteiger partial charge in [-0.3, -0.25) is 0 Å². The van der Waals surface area contributed by atoms with E-state index in [-0.39, 0.29) is 6.04 Å². The molecule has 0 aliphatic carbocycles. The molecule has 0 bridgehead atoms. The molecule has 1 aromatic heterocycles. The molecular weight excluding hydrogens is 186 g/mol. The highest BCUT2D eigenvalue weighted by molar-refractivity contribution is 5.48. The molecule has 1 unspecified atom stereocenters. The zero-order valence-electron chi connectivity index (χ0n) is 9.48. The molecule has 1 atom stereocenters. The third-order valence-electron chi connectivity index (χ3n) is 2.34. The summed E-state index contributed by atoms with van der Waals surface area (Å²) in [5, 5.41) is 0. The lowest BCUT2D eigenvalue weighted by Gasteiger charge is -2.24. The number of aromatic nitrogens is 1. The Morgan fingerprint density at radius 1 is 1.67 bits per heavy atom. The highest BCUT2D eigenvalue weighted by atomic mass is 15.2. The number of rotatable bonds is 5. The molecule has 0 saturated carbocycles. The average molecular weight is 205 g/mol. The van der Waals surface area contributed by atoms with Crippen LogP contribution in [0.5, 0.6) is 0 Å². The molecule has 0 fully saturated rings. The number of hydrogen-bond donors (Lipinski definition) is 1. The van der Waals surface area contributed by atoms with Crippen molar-refractivity contribution in [3.63, 3.8) is 0 Å². The van der Waals surface area contributed by atoms with Crippen molar-refractivity contribution < 1.29 is 0 Å².